The minimum Gasteiger partial charge on any atom is -0.398 e. The molecule has 0 aliphatic heterocycles. The molecule has 2 saturated carbocycles. The van der Waals surface area contributed by atoms with E-state index in [1.807, 2.05) is 18.2 Å². The predicted molar refractivity (Wildman–Crippen MR) is 87.5 cm³/mol. The molecule has 0 saturated heterocycles. The molecule has 3 rings (SSSR count). The monoisotopic (exact) mass is 286 g/mol. The molecule has 0 heterocycles. The van der Waals surface area contributed by atoms with Gasteiger partial charge >= 0.3 is 0 Å². The van der Waals surface area contributed by atoms with Gasteiger partial charge in [0.1, 0.15) is 0 Å². The number of hydrogen-bond acceptors (Lipinski definition) is 3. The third-order valence-electron chi connectivity index (χ3n) is 6.01. The molecule has 2 aliphatic rings. The highest BCUT2D eigenvalue weighted by molar-refractivity contribution is 5.99. The second-order valence-electron chi connectivity index (χ2n) is 7.85. The lowest BCUT2D eigenvalue weighted by atomic mass is 9.68. The van der Waals surface area contributed by atoms with Crippen molar-refractivity contribution in [3.05, 3.63) is 23.8 Å². The fourth-order valence-electron chi connectivity index (χ4n) is 4.80. The van der Waals surface area contributed by atoms with Crippen LogP contribution < -0.4 is 11.1 Å². The van der Waals surface area contributed by atoms with Gasteiger partial charge in [-0.05, 0) is 61.1 Å². The number of nitrogen functional groups attached to an aromatic ring is 1. The Morgan fingerprint density at radius 3 is 2.57 bits per heavy atom. The highest BCUT2D eigenvalue weighted by Crippen LogP contribution is 2.63. The maximum atomic E-state index is 11.5. The molecule has 3 heteroatoms. The number of Topliss-reactive ketones (excluding diaryl/α,β-unsaturated/α-hetero) is 1. The maximum absolute atomic E-state index is 11.5. The van der Waals surface area contributed by atoms with Crippen LogP contribution in [0.2, 0.25) is 0 Å². The second-order valence-corrected chi connectivity index (χ2v) is 7.85. The van der Waals surface area contributed by atoms with E-state index in [1.165, 1.54) is 19.3 Å². The first-order chi connectivity index (χ1) is 9.74. The molecule has 3 N–H and O–H groups in total. The number of benzene rings is 1. The summed E-state index contributed by atoms with van der Waals surface area (Å²) in [6, 6.07) is 6.19. The summed E-state index contributed by atoms with van der Waals surface area (Å²) in [6.45, 7) is 8.73. The first-order valence-electron chi connectivity index (χ1n) is 7.91. The van der Waals surface area contributed by atoms with Crippen LogP contribution in [0.15, 0.2) is 18.2 Å². The number of rotatable bonds is 3. The molecule has 0 radical (unpaired) electrons. The van der Waals surface area contributed by atoms with Crippen LogP contribution in [0.1, 0.15) is 57.3 Å². The second kappa shape index (κ2) is 4.49. The molecule has 3 unspecified atom stereocenters. The minimum absolute atomic E-state index is 0.0197. The van der Waals surface area contributed by atoms with E-state index in [4.69, 9.17) is 5.73 Å². The summed E-state index contributed by atoms with van der Waals surface area (Å²) in [6.07, 6.45) is 3.98. The molecule has 0 spiro atoms. The smallest absolute Gasteiger partial charge is 0.161 e. The van der Waals surface area contributed by atoms with E-state index >= 15 is 0 Å². The molecule has 1 aromatic rings. The van der Waals surface area contributed by atoms with Crippen LogP contribution in [-0.2, 0) is 0 Å². The molecule has 114 valence electrons. The first kappa shape index (κ1) is 14.4. The molecule has 3 atom stereocenters. The van der Waals surface area contributed by atoms with Crippen LogP contribution in [0.4, 0.5) is 11.4 Å². The summed E-state index contributed by atoms with van der Waals surface area (Å²) >= 11 is 0. The zero-order chi connectivity index (χ0) is 15.4. The predicted octanol–water partition coefficient (Wildman–Crippen LogP) is 4.10. The Kier molecular flexibility index (Phi) is 3.09. The molecule has 0 amide bonds. The van der Waals surface area contributed by atoms with Gasteiger partial charge in [0.15, 0.2) is 5.78 Å². The van der Waals surface area contributed by atoms with Crippen LogP contribution >= 0.6 is 0 Å². The van der Waals surface area contributed by atoms with Crippen molar-refractivity contribution in [1.29, 1.82) is 0 Å². The third-order valence-corrected chi connectivity index (χ3v) is 6.01. The van der Waals surface area contributed by atoms with Gasteiger partial charge in [-0.1, -0.05) is 20.8 Å². The van der Waals surface area contributed by atoms with Crippen LogP contribution in [0.5, 0.6) is 0 Å². The lowest BCUT2D eigenvalue weighted by molar-refractivity contribution is 0.101. The summed E-state index contributed by atoms with van der Waals surface area (Å²) in [7, 11) is 0. The van der Waals surface area contributed by atoms with Crippen LogP contribution in [0.3, 0.4) is 0 Å². The third kappa shape index (κ3) is 2.14. The number of anilines is 2. The lowest BCUT2D eigenvalue weighted by Gasteiger charge is -2.43. The number of fused-ring (bicyclic) bond motifs is 2. The van der Waals surface area contributed by atoms with Crippen molar-refractivity contribution in [3.8, 4) is 0 Å². The molecule has 0 aromatic heterocycles. The number of carbonyl (C=O) groups excluding carboxylic acids is 1. The summed E-state index contributed by atoms with van der Waals surface area (Å²) in [5.41, 5.74) is 8.91. The zero-order valence-electron chi connectivity index (χ0n) is 13.5. The van der Waals surface area contributed by atoms with Crippen molar-refractivity contribution in [2.45, 2.75) is 53.0 Å². The van der Waals surface area contributed by atoms with Gasteiger partial charge in [-0.15, -0.1) is 0 Å². The Labute approximate surface area is 127 Å². The normalized spacial score (nSPS) is 33.1. The van der Waals surface area contributed by atoms with E-state index in [1.54, 1.807) is 6.92 Å². The Morgan fingerprint density at radius 2 is 2.05 bits per heavy atom. The number of ketones is 1. The average Bonchev–Trinajstić information content (AvgIpc) is 2.85. The number of carbonyl (C=O) groups is 1. The molecular formula is C18H26N2O. The SMILES string of the molecule is CC(=O)c1ccc(NC2C3(C)CCC(C3)C2(C)C)cc1N. The summed E-state index contributed by atoms with van der Waals surface area (Å²) < 4.78 is 0. The lowest BCUT2D eigenvalue weighted by Crippen LogP contribution is -2.45. The van der Waals surface area contributed by atoms with Gasteiger partial charge in [-0.2, -0.15) is 0 Å². The molecule has 2 aliphatic carbocycles. The Balaban J connectivity index is 1.87. The van der Waals surface area contributed by atoms with Crippen LogP contribution in [0.25, 0.3) is 0 Å². The van der Waals surface area contributed by atoms with Gasteiger partial charge in [-0.3, -0.25) is 4.79 Å². The highest BCUT2D eigenvalue weighted by Gasteiger charge is 2.59. The van der Waals surface area contributed by atoms with Gasteiger partial charge in [0.2, 0.25) is 0 Å². The maximum Gasteiger partial charge on any atom is 0.161 e. The van der Waals surface area contributed by atoms with Crippen LogP contribution in [-0.4, -0.2) is 11.8 Å². The molecule has 2 bridgehead atoms. The summed E-state index contributed by atoms with van der Waals surface area (Å²) in [4.78, 5) is 11.5. The Hall–Kier alpha value is -1.51. The Morgan fingerprint density at radius 1 is 1.33 bits per heavy atom. The van der Waals surface area contributed by atoms with Gasteiger partial charge in [0.05, 0.1) is 0 Å². The number of hydrogen-bond donors (Lipinski definition) is 2. The molecular weight excluding hydrogens is 260 g/mol. The minimum atomic E-state index is 0.0197. The van der Waals surface area contributed by atoms with Gasteiger partial charge in [0, 0.05) is 23.0 Å². The summed E-state index contributed by atoms with van der Waals surface area (Å²) in [5, 5.41) is 3.72. The van der Waals surface area contributed by atoms with E-state index in [2.05, 4.69) is 26.1 Å². The highest BCUT2D eigenvalue weighted by atomic mass is 16.1. The molecule has 2 fully saturated rings. The van der Waals surface area contributed by atoms with Gasteiger partial charge in [-0.25, -0.2) is 0 Å². The van der Waals surface area contributed by atoms with Crippen molar-refractivity contribution >= 4 is 17.2 Å². The fraction of sp³-hybridized carbons (Fsp3) is 0.611. The first-order valence-corrected chi connectivity index (χ1v) is 7.91. The van der Waals surface area contributed by atoms with E-state index in [0.717, 1.165) is 11.6 Å². The van der Waals surface area contributed by atoms with Gasteiger partial charge in [0.25, 0.3) is 0 Å². The van der Waals surface area contributed by atoms with E-state index in [-0.39, 0.29) is 5.78 Å². The van der Waals surface area contributed by atoms with E-state index in [0.29, 0.717) is 28.1 Å². The topological polar surface area (TPSA) is 55.1 Å². The van der Waals surface area contributed by atoms with E-state index in [9.17, 15) is 4.79 Å². The number of nitrogens with two attached hydrogens (primary N) is 1. The summed E-state index contributed by atoms with van der Waals surface area (Å²) in [5.74, 6) is 0.833. The zero-order valence-corrected chi connectivity index (χ0v) is 13.5. The van der Waals surface area contributed by atoms with Crippen molar-refractivity contribution < 1.29 is 4.79 Å². The standard InChI is InChI=1S/C18H26N2O/c1-11(21)14-6-5-13(9-15(14)19)20-16-17(2,3)12-7-8-18(16,4)10-12/h5-6,9,12,16,20H,7-8,10,19H2,1-4H3. The average molecular weight is 286 g/mol. The van der Waals surface area contributed by atoms with Gasteiger partial charge < -0.3 is 11.1 Å². The quantitative estimate of drug-likeness (QED) is 0.649. The van der Waals surface area contributed by atoms with E-state index < -0.39 is 0 Å². The van der Waals surface area contributed by atoms with Crippen LogP contribution in [0, 0.1) is 16.7 Å². The van der Waals surface area contributed by atoms with Crippen molar-refractivity contribution in [1.82, 2.24) is 0 Å². The van der Waals surface area contributed by atoms with Crippen molar-refractivity contribution in [2.75, 3.05) is 11.1 Å². The largest absolute Gasteiger partial charge is 0.398 e. The van der Waals surface area contributed by atoms with Crippen molar-refractivity contribution in [3.63, 3.8) is 0 Å². The number of nitrogens with one attached hydrogen (secondary N) is 1. The molecule has 1 aromatic carbocycles. The Bertz CT molecular complexity index is 588. The fourth-order valence-corrected chi connectivity index (χ4v) is 4.80. The van der Waals surface area contributed by atoms with Crippen molar-refractivity contribution in [2.24, 2.45) is 16.7 Å². The molecule has 3 nitrogen and oxygen atoms in total. The molecule has 21 heavy (non-hydrogen) atoms.